The normalized spacial score (nSPS) is 31.6. The van der Waals surface area contributed by atoms with E-state index >= 15 is 0 Å². The summed E-state index contributed by atoms with van der Waals surface area (Å²) in [6.07, 6.45) is -1.84. The van der Waals surface area contributed by atoms with Gasteiger partial charge in [0, 0.05) is 17.4 Å². The van der Waals surface area contributed by atoms with E-state index in [1.807, 2.05) is 0 Å². The smallest absolute Gasteiger partial charge is 0.255 e. The second-order valence-corrected chi connectivity index (χ2v) is 9.15. The number of nitrogens with two attached hydrogens (primary N) is 2. The SMILES string of the molecule is NC(=O)C1=C(O)[C@@]2(O)C(=O)C3=C(O)c4c(O)cccc4[C@H](c4ccc(F)cc4)[C@H]3[C@H](O)[C@H]2[C@H](N)C1=O. The zero-order valence-electron chi connectivity index (χ0n) is 18.4. The molecule has 0 unspecified atom stereocenters. The lowest BCUT2D eigenvalue weighted by Gasteiger charge is -2.52. The number of primary amides is 1. The number of hydrogen-bond acceptors (Lipinski definition) is 9. The Morgan fingerprint density at radius 1 is 1.03 bits per heavy atom. The van der Waals surface area contributed by atoms with Crippen LogP contribution >= 0.6 is 0 Å². The van der Waals surface area contributed by atoms with Gasteiger partial charge in [-0.3, -0.25) is 14.4 Å². The average Bonchev–Trinajstić information content (AvgIpc) is 2.82. The Kier molecular flexibility index (Phi) is 5.08. The van der Waals surface area contributed by atoms with Crippen LogP contribution in [-0.4, -0.2) is 60.8 Å². The molecule has 11 heteroatoms. The summed E-state index contributed by atoms with van der Waals surface area (Å²) in [5.41, 5.74) is 6.93. The highest BCUT2D eigenvalue weighted by Gasteiger charge is 2.67. The van der Waals surface area contributed by atoms with Gasteiger partial charge in [-0.2, -0.15) is 0 Å². The zero-order chi connectivity index (χ0) is 26.3. The highest BCUT2D eigenvalue weighted by atomic mass is 19.1. The first kappa shape index (κ1) is 23.7. The number of phenolic OH excluding ortho intramolecular Hbond substituents is 1. The van der Waals surface area contributed by atoms with Crippen LogP contribution in [0.5, 0.6) is 5.75 Å². The molecule has 5 rings (SSSR count). The van der Waals surface area contributed by atoms with E-state index < -0.39 is 87.2 Å². The average molecular weight is 496 g/mol. The lowest BCUT2D eigenvalue weighted by atomic mass is 9.53. The monoisotopic (exact) mass is 496 g/mol. The summed E-state index contributed by atoms with van der Waals surface area (Å²) in [6.45, 7) is 0. The number of hydrogen-bond donors (Lipinski definition) is 7. The first-order valence-electron chi connectivity index (χ1n) is 10.9. The number of halogens is 1. The molecule has 0 radical (unpaired) electrons. The summed E-state index contributed by atoms with van der Waals surface area (Å²) in [4.78, 5) is 38.5. The number of ketones is 2. The van der Waals surface area contributed by atoms with Crippen LogP contribution < -0.4 is 11.5 Å². The molecule has 0 bridgehead atoms. The number of phenols is 1. The fourth-order valence-electron chi connectivity index (χ4n) is 5.85. The van der Waals surface area contributed by atoms with E-state index in [4.69, 9.17) is 11.5 Å². The number of aromatic hydroxyl groups is 1. The van der Waals surface area contributed by atoms with Crippen LogP contribution in [0.15, 0.2) is 59.4 Å². The molecule has 0 aromatic heterocycles. The third kappa shape index (κ3) is 2.84. The molecule has 2 aromatic carbocycles. The predicted octanol–water partition coefficient (Wildman–Crippen LogP) is 0.0604. The summed E-state index contributed by atoms with van der Waals surface area (Å²) in [5.74, 6) is -11.2. The molecule has 10 nitrogen and oxygen atoms in total. The molecule has 36 heavy (non-hydrogen) atoms. The predicted molar refractivity (Wildman–Crippen MR) is 121 cm³/mol. The maximum absolute atomic E-state index is 13.8. The van der Waals surface area contributed by atoms with Crippen molar-refractivity contribution in [2.45, 2.75) is 23.7 Å². The summed E-state index contributed by atoms with van der Waals surface area (Å²) in [7, 11) is 0. The maximum atomic E-state index is 13.8. The zero-order valence-corrected chi connectivity index (χ0v) is 18.4. The van der Waals surface area contributed by atoms with Crippen molar-refractivity contribution < 1.29 is 44.3 Å². The van der Waals surface area contributed by atoms with Crippen molar-refractivity contribution in [2.24, 2.45) is 23.3 Å². The third-order valence-electron chi connectivity index (χ3n) is 7.41. The number of rotatable bonds is 2. The van der Waals surface area contributed by atoms with E-state index in [0.717, 1.165) is 12.1 Å². The van der Waals surface area contributed by atoms with E-state index in [9.17, 15) is 44.3 Å². The van der Waals surface area contributed by atoms with Crippen LogP contribution in [0, 0.1) is 17.7 Å². The third-order valence-corrected chi connectivity index (χ3v) is 7.41. The molecule has 3 aliphatic carbocycles. The Morgan fingerprint density at radius 3 is 2.28 bits per heavy atom. The fraction of sp³-hybridized carbons (Fsp3) is 0.240. The molecular weight excluding hydrogens is 475 g/mol. The van der Waals surface area contributed by atoms with E-state index in [0.29, 0.717) is 5.56 Å². The second kappa shape index (κ2) is 7.72. The number of carbonyl (C=O) groups excluding carboxylic acids is 3. The van der Waals surface area contributed by atoms with Crippen molar-refractivity contribution in [1.82, 2.24) is 0 Å². The van der Waals surface area contributed by atoms with Gasteiger partial charge in [-0.05, 0) is 29.3 Å². The molecule has 1 amide bonds. The van der Waals surface area contributed by atoms with Gasteiger partial charge in [0.1, 0.15) is 28.7 Å². The Hall–Kier alpha value is -4.06. The van der Waals surface area contributed by atoms with Crippen molar-refractivity contribution >= 4 is 23.2 Å². The number of aliphatic hydroxyl groups excluding tert-OH is 3. The van der Waals surface area contributed by atoms with E-state index in [1.165, 1.54) is 30.3 Å². The van der Waals surface area contributed by atoms with Crippen LogP contribution in [0.3, 0.4) is 0 Å². The first-order valence-corrected chi connectivity index (χ1v) is 10.9. The Labute approximate surface area is 202 Å². The molecule has 1 saturated carbocycles. The van der Waals surface area contributed by atoms with Crippen molar-refractivity contribution in [1.29, 1.82) is 0 Å². The fourth-order valence-corrected chi connectivity index (χ4v) is 5.85. The van der Waals surface area contributed by atoms with Crippen LogP contribution in [0.2, 0.25) is 0 Å². The lowest BCUT2D eigenvalue weighted by molar-refractivity contribution is -0.162. The van der Waals surface area contributed by atoms with E-state index in [-0.39, 0.29) is 11.1 Å². The number of Topliss-reactive ketones (excluding diaryl/α,β-unsaturated/α-hetero) is 2. The van der Waals surface area contributed by atoms with Crippen LogP contribution in [0.1, 0.15) is 22.6 Å². The molecule has 0 saturated heterocycles. The second-order valence-electron chi connectivity index (χ2n) is 9.15. The standard InChI is InChI=1S/C25H21FN2O8/c26-9-6-4-8(5-7-9)12-10-2-1-3-11(29)13(10)19(30)15-14(12)20(31)17-18(27)21(32)16(24(28)35)23(34)25(17,36)22(15)33/h1-7,12,14,17-18,20,29-31,34,36H,27H2,(H2,28,35)/t12-,14+,17+,18-,20-,25-/m0/s1. The minimum Gasteiger partial charge on any atom is -0.508 e. The summed E-state index contributed by atoms with van der Waals surface area (Å²) in [6, 6.07) is 7.49. The minimum absolute atomic E-state index is 0.171. The molecule has 3 aliphatic rings. The molecule has 6 atom stereocenters. The Bertz CT molecular complexity index is 1420. The lowest BCUT2D eigenvalue weighted by Crippen LogP contribution is -2.70. The molecule has 186 valence electrons. The molecule has 0 aliphatic heterocycles. The molecular formula is C25H21FN2O8. The van der Waals surface area contributed by atoms with Gasteiger partial charge in [0.05, 0.1) is 23.6 Å². The highest BCUT2D eigenvalue weighted by molar-refractivity contribution is 6.24. The van der Waals surface area contributed by atoms with Gasteiger partial charge in [0.2, 0.25) is 5.78 Å². The van der Waals surface area contributed by atoms with Gasteiger partial charge < -0.3 is 37.0 Å². The summed E-state index contributed by atoms with van der Waals surface area (Å²) in [5, 5.41) is 55.4. The maximum Gasteiger partial charge on any atom is 0.255 e. The first-order chi connectivity index (χ1) is 16.9. The Balaban J connectivity index is 1.84. The summed E-state index contributed by atoms with van der Waals surface area (Å²) >= 11 is 0. The molecule has 0 spiro atoms. The van der Waals surface area contributed by atoms with Crippen molar-refractivity contribution in [3.05, 3.63) is 81.9 Å². The van der Waals surface area contributed by atoms with Crippen LogP contribution in [0.25, 0.3) is 5.76 Å². The molecule has 1 fully saturated rings. The van der Waals surface area contributed by atoms with Crippen LogP contribution in [-0.2, 0) is 14.4 Å². The molecule has 0 heterocycles. The van der Waals surface area contributed by atoms with E-state index in [1.54, 1.807) is 0 Å². The van der Waals surface area contributed by atoms with Gasteiger partial charge in [-0.15, -0.1) is 0 Å². The number of aliphatic hydroxyl groups is 4. The largest absolute Gasteiger partial charge is 0.508 e. The van der Waals surface area contributed by atoms with Crippen molar-refractivity contribution in [2.75, 3.05) is 0 Å². The van der Waals surface area contributed by atoms with E-state index in [2.05, 4.69) is 0 Å². The highest BCUT2D eigenvalue weighted by Crippen LogP contribution is 2.56. The minimum atomic E-state index is -3.08. The topological polar surface area (TPSA) is 204 Å². The molecule has 2 aromatic rings. The van der Waals surface area contributed by atoms with Crippen molar-refractivity contribution in [3.8, 4) is 5.75 Å². The number of amides is 1. The Morgan fingerprint density at radius 2 is 1.67 bits per heavy atom. The van der Waals surface area contributed by atoms with Crippen molar-refractivity contribution in [3.63, 3.8) is 0 Å². The van der Waals surface area contributed by atoms with Gasteiger partial charge in [-0.25, -0.2) is 4.39 Å². The van der Waals surface area contributed by atoms with Gasteiger partial charge in [0.25, 0.3) is 5.91 Å². The number of benzene rings is 2. The summed E-state index contributed by atoms with van der Waals surface area (Å²) < 4.78 is 13.7. The van der Waals surface area contributed by atoms with Gasteiger partial charge in [-0.1, -0.05) is 24.3 Å². The van der Waals surface area contributed by atoms with Gasteiger partial charge >= 0.3 is 0 Å². The van der Waals surface area contributed by atoms with Gasteiger partial charge in [0.15, 0.2) is 11.4 Å². The molecule has 9 N–H and O–H groups in total. The quantitative estimate of drug-likeness (QED) is 0.280. The van der Waals surface area contributed by atoms with Crippen LogP contribution in [0.4, 0.5) is 4.39 Å². The number of carbonyl (C=O) groups is 3. The number of fused-ring (bicyclic) bond motifs is 3.